The van der Waals surface area contributed by atoms with Gasteiger partial charge in [-0.1, -0.05) is 36.4 Å². The molecule has 0 aliphatic carbocycles. The van der Waals surface area contributed by atoms with Crippen LogP contribution in [-0.2, 0) is 0 Å². The van der Waals surface area contributed by atoms with Gasteiger partial charge < -0.3 is 8.83 Å². The van der Waals surface area contributed by atoms with E-state index in [1.165, 1.54) is 0 Å². The standard InChI is InChI=1S/C28H16N2O2/c1-2-7-25-19(5-1)21-14-28-22(15-27(21)31-25)20-13-17(9-11-26(20)32-28)18-8-10-24(30-16-18)23-6-3-4-12-29-23/h1-16H. The lowest BCUT2D eigenvalue weighted by Crippen LogP contribution is -1.87. The van der Waals surface area contributed by atoms with Crippen molar-refractivity contribution >= 4 is 43.9 Å². The van der Waals surface area contributed by atoms with E-state index >= 15 is 0 Å². The average Bonchev–Trinajstić information content (AvgIpc) is 3.40. The van der Waals surface area contributed by atoms with Crippen molar-refractivity contribution in [1.82, 2.24) is 9.97 Å². The summed E-state index contributed by atoms with van der Waals surface area (Å²) in [5.41, 5.74) is 7.34. The molecule has 0 N–H and O–H groups in total. The number of furan rings is 2. The van der Waals surface area contributed by atoms with Gasteiger partial charge in [0.25, 0.3) is 0 Å². The summed E-state index contributed by atoms with van der Waals surface area (Å²) in [5.74, 6) is 0. The van der Waals surface area contributed by atoms with Crippen molar-refractivity contribution in [3.8, 4) is 22.5 Å². The maximum Gasteiger partial charge on any atom is 0.136 e. The molecule has 0 spiro atoms. The Morgan fingerprint density at radius 1 is 0.469 bits per heavy atom. The molecule has 0 amide bonds. The van der Waals surface area contributed by atoms with Crippen LogP contribution >= 0.6 is 0 Å². The SMILES string of the molecule is c1ccc(-c2ccc(-c3ccc4oc5cc6c(cc5c4c3)oc3ccccc36)cn2)nc1. The molecule has 0 bridgehead atoms. The summed E-state index contributed by atoms with van der Waals surface area (Å²) in [6.45, 7) is 0. The lowest BCUT2D eigenvalue weighted by molar-refractivity contribution is 0.664. The van der Waals surface area contributed by atoms with E-state index in [1.807, 2.05) is 54.7 Å². The van der Waals surface area contributed by atoms with Gasteiger partial charge in [-0.05, 0) is 54.1 Å². The number of hydrogen-bond acceptors (Lipinski definition) is 4. The van der Waals surface area contributed by atoms with Crippen LogP contribution in [0.2, 0.25) is 0 Å². The summed E-state index contributed by atoms with van der Waals surface area (Å²) in [6.07, 6.45) is 3.67. The molecule has 0 aliphatic heterocycles. The van der Waals surface area contributed by atoms with Crippen LogP contribution in [0, 0.1) is 0 Å². The largest absolute Gasteiger partial charge is 0.456 e. The Kier molecular flexibility index (Phi) is 3.52. The van der Waals surface area contributed by atoms with Crippen LogP contribution in [0.5, 0.6) is 0 Å². The number of pyridine rings is 2. The molecular formula is C28H16N2O2. The average molecular weight is 412 g/mol. The molecule has 0 unspecified atom stereocenters. The molecular weight excluding hydrogens is 396 g/mol. The minimum absolute atomic E-state index is 0.858. The Morgan fingerprint density at radius 2 is 1.16 bits per heavy atom. The lowest BCUT2D eigenvalue weighted by atomic mass is 10.0. The van der Waals surface area contributed by atoms with Crippen molar-refractivity contribution in [3.05, 3.63) is 97.3 Å². The van der Waals surface area contributed by atoms with Gasteiger partial charge in [0, 0.05) is 39.5 Å². The minimum atomic E-state index is 0.858. The first-order chi connectivity index (χ1) is 15.8. The summed E-state index contributed by atoms with van der Waals surface area (Å²) >= 11 is 0. The third kappa shape index (κ3) is 2.56. The third-order valence-corrected chi connectivity index (χ3v) is 5.99. The van der Waals surface area contributed by atoms with Crippen LogP contribution in [0.4, 0.5) is 0 Å². The van der Waals surface area contributed by atoms with E-state index in [1.54, 1.807) is 6.20 Å². The zero-order valence-corrected chi connectivity index (χ0v) is 16.9. The molecule has 4 heteroatoms. The van der Waals surface area contributed by atoms with Crippen molar-refractivity contribution < 1.29 is 8.83 Å². The second-order valence-electron chi connectivity index (χ2n) is 7.90. The fraction of sp³-hybridized carbons (Fsp3) is 0. The van der Waals surface area contributed by atoms with Crippen molar-refractivity contribution in [1.29, 1.82) is 0 Å². The molecule has 7 aromatic rings. The van der Waals surface area contributed by atoms with Gasteiger partial charge >= 0.3 is 0 Å². The van der Waals surface area contributed by atoms with E-state index in [4.69, 9.17) is 8.83 Å². The monoisotopic (exact) mass is 412 g/mol. The molecule has 4 aromatic heterocycles. The van der Waals surface area contributed by atoms with E-state index in [-0.39, 0.29) is 0 Å². The highest BCUT2D eigenvalue weighted by molar-refractivity contribution is 6.15. The van der Waals surface area contributed by atoms with Gasteiger partial charge in [-0.25, -0.2) is 0 Å². The second-order valence-corrected chi connectivity index (χ2v) is 7.90. The fourth-order valence-corrected chi connectivity index (χ4v) is 4.40. The summed E-state index contributed by atoms with van der Waals surface area (Å²) in [7, 11) is 0. The van der Waals surface area contributed by atoms with Gasteiger partial charge in [0.15, 0.2) is 0 Å². The highest BCUT2D eigenvalue weighted by atomic mass is 16.3. The van der Waals surface area contributed by atoms with Crippen LogP contribution in [-0.4, -0.2) is 9.97 Å². The molecule has 4 nitrogen and oxygen atoms in total. The van der Waals surface area contributed by atoms with Crippen LogP contribution in [0.15, 0.2) is 106 Å². The van der Waals surface area contributed by atoms with Gasteiger partial charge in [-0.3, -0.25) is 9.97 Å². The normalized spacial score (nSPS) is 11.8. The van der Waals surface area contributed by atoms with Crippen LogP contribution < -0.4 is 0 Å². The summed E-state index contributed by atoms with van der Waals surface area (Å²) < 4.78 is 12.3. The highest BCUT2D eigenvalue weighted by Gasteiger charge is 2.14. The Labute approximate surface area is 182 Å². The molecule has 7 rings (SSSR count). The zero-order chi connectivity index (χ0) is 21.1. The van der Waals surface area contributed by atoms with Crippen LogP contribution in [0.25, 0.3) is 66.4 Å². The molecule has 0 aliphatic rings. The number of hydrogen-bond donors (Lipinski definition) is 0. The first-order valence-corrected chi connectivity index (χ1v) is 10.5. The molecule has 0 radical (unpaired) electrons. The van der Waals surface area contributed by atoms with Crippen molar-refractivity contribution in [3.63, 3.8) is 0 Å². The fourth-order valence-electron chi connectivity index (χ4n) is 4.40. The maximum absolute atomic E-state index is 6.18. The van der Waals surface area contributed by atoms with E-state index in [0.717, 1.165) is 66.4 Å². The quantitative estimate of drug-likeness (QED) is 0.293. The smallest absolute Gasteiger partial charge is 0.136 e. The Balaban J connectivity index is 1.37. The molecule has 0 saturated heterocycles. The van der Waals surface area contributed by atoms with E-state index in [9.17, 15) is 0 Å². The molecule has 0 saturated carbocycles. The Bertz CT molecular complexity index is 1760. The number of nitrogens with zero attached hydrogens (tertiary/aromatic N) is 2. The van der Waals surface area contributed by atoms with Gasteiger partial charge in [0.05, 0.1) is 11.4 Å². The topological polar surface area (TPSA) is 52.1 Å². The molecule has 3 aromatic carbocycles. The van der Waals surface area contributed by atoms with Crippen molar-refractivity contribution in [2.45, 2.75) is 0 Å². The lowest BCUT2D eigenvalue weighted by Gasteiger charge is -2.04. The number of fused-ring (bicyclic) bond motifs is 6. The Morgan fingerprint density at radius 3 is 1.94 bits per heavy atom. The summed E-state index contributed by atoms with van der Waals surface area (Å²) in [6, 6.07) is 28.4. The zero-order valence-electron chi connectivity index (χ0n) is 16.9. The number of rotatable bonds is 2. The van der Waals surface area contributed by atoms with Gasteiger partial charge in [0.1, 0.15) is 22.3 Å². The number of benzene rings is 3. The minimum Gasteiger partial charge on any atom is -0.456 e. The Hall–Kier alpha value is -4.44. The summed E-state index contributed by atoms with van der Waals surface area (Å²) in [4.78, 5) is 9.00. The molecule has 0 fully saturated rings. The first-order valence-electron chi connectivity index (χ1n) is 10.5. The molecule has 32 heavy (non-hydrogen) atoms. The van der Waals surface area contributed by atoms with E-state index < -0.39 is 0 Å². The second kappa shape index (κ2) is 6.53. The van der Waals surface area contributed by atoms with Gasteiger partial charge in [-0.15, -0.1) is 0 Å². The molecule has 150 valence electrons. The van der Waals surface area contributed by atoms with Crippen LogP contribution in [0.1, 0.15) is 0 Å². The number of aromatic nitrogens is 2. The van der Waals surface area contributed by atoms with E-state index in [2.05, 4.69) is 46.4 Å². The third-order valence-electron chi connectivity index (χ3n) is 5.99. The predicted molar refractivity (Wildman–Crippen MR) is 127 cm³/mol. The van der Waals surface area contributed by atoms with Crippen molar-refractivity contribution in [2.75, 3.05) is 0 Å². The molecule has 4 heterocycles. The highest BCUT2D eigenvalue weighted by Crippen LogP contribution is 2.37. The van der Waals surface area contributed by atoms with Gasteiger partial charge in [0.2, 0.25) is 0 Å². The maximum atomic E-state index is 6.18. The first kappa shape index (κ1) is 17.3. The molecule has 0 atom stereocenters. The van der Waals surface area contributed by atoms with Crippen molar-refractivity contribution in [2.24, 2.45) is 0 Å². The van der Waals surface area contributed by atoms with Crippen LogP contribution in [0.3, 0.4) is 0 Å². The van der Waals surface area contributed by atoms with E-state index in [0.29, 0.717) is 0 Å². The van der Waals surface area contributed by atoms with Gasteiger partial charge in [-0.2, -0.15) is 0 Å². The summed E-state index contributed by atoms with van der Waals surface area (Å²) in [5, 5.41) is 4.28. The number of para-hydroxylation sites is 1. The predicted octanol–water partition coefficient (Wildman–Crippen LogP) is 7.61.